The van der Waals surface area contributed by atoms with Crippen molar-refractivity contribution >= 4 is 11.8 Å². The molecule has 0 aromatic carbocycles. The molecular formula is C9H13N3S. The van der Waals surface area contributed by atoms with Crippen LogP contribution in [0.15, 0.2) is 12.4 Å². The van der Waals surface area contributed by atoms with E-state index in [9.17, 15) is 0 Å². The zero-order valence-corrected chi connectivity index (χ0v) is 8.26. The van der Waals surface area contributed by atoms with Crippen LogP contribution in [0.3, 0.4) is 0 Å². The lowest BCUT2D eigenvalue weighted by Crippen LogP contribution is -2.03. The van der Waals surface area contributed by atoms with Gasteiger partial charge in [-0.15, -0.1) is 0 Å². The van der Waals surface area contributed by atoms with E-state index in [1.54, 1.807) is 0 Å². The fraction of sp³-hybridized carbons (Fsp3) is 0.556. The van der Waals surface area contributed by atoms with Crippen LogP contribution in [0, 0.1) is 0 Å². The first-order valence-corrected chi connectivity index (χ1v) is 5.57. The monoisotopic (exact) mass is 195 g/mol. The lowest BCUT2D eigenvalue weighted by atomic mass is 10.1. The van der Waals surface area contributed by atoms with Crippen LogP contribution >= 0.6 is 11.8 Å². The maximum atomic E-state index is 5.42. The Morgan fingerprint density at radius 3 is 2.77 bits per heavy atom. The van der Waals surface area contributed by atoms with Gasteiger partial charge in [0.25, 0.3) is 0 Å². The minimum atomic E-state index is 0.429. The summed E-state index contributed by atoms with van der Waals surface area (Å²) in [5, 5.41) is 0.617. The van der Waals surface area contributed by atoms with E-state index in [4.69, 9.17) is 5.73 Å². The topological polar surface area (TPSA) is 51.8 Å². The van der Waals surface area contributed by atoms with E-state index in [-0.39, 0.29) is 0 Å². The predicted octanol–water partition coefficient (Wildman–Crippen LogP) is 1.50. The molecule has 70 valence electrons. The van der Waals surface area contributed by atoms with Crippen LogP contribution in [-0.2, 0) is 6.54 Å². The van der Waals surface area contributed by atoms with Crippen molar-refractivity contribution in [3.63, 3.8) is 0 Å². The predicted molar refractivity (Wildman–Crippen MR) is 54.4 cm³/mol. The van der Waals surface area contributed by atoms with Gasteiger partial charge in [-0.1, -0.05) is 0 Å². The minimum Gasteiger partial charge on any atom is -0.324 e. The number of nitrogens with two attached hydrogens (primary N) is 1. The SMILES string of the molecule is NCc1ncc(C2CCCS2)cn1. The molecule has 0 spiro atoms. The van der Waals surface area contributed by atoms with Crippen LogP contribution in [0.5, 0.6) is 0 Å². The molecule has 1 aliphatic rings. The summed E-state index contributed by atoms with van der Waals surface area (Å²) in [7, 11) is 0. The van der Waals surface area contributed by atoms with Gasteiger partial charge in [0.1, 0.15) is 5.82 Å². The van der Waals surface area contributed by atoms with Gasteiger partial charge in [-0.05, 0) is 18.6 Å². The van der Waals surface area contributed by atoms with Crippen molar-refractivity contribution in [1.82, 2.24) is 9.97 Å². The molecule has 0 saturated carbocycles. The molecule has 1 saturated heterocycles. The first kappa shape index (κ1) is 8.97. The number of rotatable bonds is 2. The lowest BCUT2D eigenvalue weighted by molar-refractivity contribution is 0.807. The second-order valence-electron chi connectivity index (χ2n) is 3.14. The molecule has 2 heterocycles. The van der Waals surface area contributed by atoms with E-state index >= 15 is 0 Å². The van der Waals surface area contributed by atoms with Crippen LogP contribution in [-0.4, -0.2) is 15.7 Å². The number of hydrogen-bond donors (Lipinski definition) is 1. The van der Waals surface area contributed by atoms with Crippen LogP contribution in [0.2, 0.25) is 0 Å². The third kappa shape index (κ3) is 2.00. The molecule has 4 heteroatoms. The Balaban J connectivity index is 2.12. The molecule has 0 aliphatic carbocycles. The number of nitrogens with zero attached hydrogens (tertiary/aromatic N) is 2. The highest BCUT2D eigenvalue weighted by Gasteiger charge is 2.17. The molecule has 3 nitrogen and oxygen atoms in total. The van der Waals surface area contributed by atoms with Crippen LogP contribution in [0.4, 0.5) is 0 Å². The summed E-state index contributed by atoms with van der Waals surface area (Å²) in [5.74, 6) is 2.00. The molecule has 1 aromatic heterocycles. The van der Waals surface area contributed by atoms with Gasteiger partial charge in [-0.25, -0.2) is 9.97 Å². The van der Waals surface area contributed by atoms with Crippen LogP contribution in [0.1, 0.15) is 29.5 Å². The smallest absolute Gasteiger partial charge is 0.141 e. The molecule has 2 rings (SSSR count). The first-order valence-electron chi connectivity index (χ1n) is 4.52. The van der Waals surface area contributed by atoms with Gasteiger partial charge in [0, 0.05) is 23.2 Å². The van der Waals surface area contributed by atoms with Crippen molar-refractivity contribution in [1.29, 1.82) is 0 Å². The summed E-state index contributed by atoms with van der Waals surface area (Å²) in [4.78, 5) is 8.38. The molecule has 1 unspecified atom stereocenters. The summed E-state index contributed by atoms with van der Waals surface area (Å²) >= 11 is 2.00. The van der Waals surface area contributed by atoms with E-state index < -0.39 is 0 Å². The molecular weight excluding hydrogens is 182 g/mol. The molecule has 1 aliphatic heterocycles. The summed E-state index contributed by atoms with van der Waals surface area (Å²) in [5.41, 5.74) is 6.67. The highest BCUT2D eigenvalue weighted by molar-refractivity contribution is 7.99. The number of hydrogen-bond acceptors (Lipinski definition) is 4. The molecule has 1 atom stereocenters. The highest BCUT2D eigenvalue weighted by atomic mass is 32.2. The number of thioether (sulfide) groups is 1. The normalized spacial score (nSPS) is 22.1. The van der Waals surface area contributed by atoms with E-state index in [1.807, 2.05) is 24.2 Å². The van der Waals surface area contributed by atoms with Crippen LogP contribution < -0.4 is 5.73 Å². The summed E-state index contributed by atoms with van der Waals surface area (Å²) in [6.45, 7) is 0.429. The van der Waals surface area contributed by atoms with E-state index in [2.05, 4.69) is 9.97 Å². The van der Waals surface area contributed by atoms with Crippen molar-refractivity contribution in [2.45, 2.75) is 24.6 Å². The average molecular weight is 195 g/mol. The molecule has 0 amide bonds. The molecule has 1 fully saturated rings. The Morgan fingerprint density at radius 1 is 1.46 bits per heavy atom. The lowest BCUT2D eigenvalue weighted by Gasteiger charge is -2.07. The van der Waals surface area contributed by atoms with Crippen molar-refractivity contribution in [3.8, 4) is 0 Å². The standard InChI is InChI=1S/C9H13N3S/c10-4-9-11-5-7(6-12-9)8-2-1-3-13-8/h5-6,8H,1-4,10H2. The van der Waals surface area contributed by atoms with Crippen molar-refractivity contribution < 1.29 is 0 Å². The van der Waals surface area contributed by atoms with Crippen molar-refractivity contribution in [2.24, 2.45) is 5.73 Å². The van der Waals surface area contributed by atoms with Gasteiger partial charge >= 0.3 is 0 Å². The second kappa shape index (κ2) is 4.07. The first-order chi connectivity index (χ1) is 6.40. The van der Waals surface area contributed by atoms with E-state index in [1.165, 1.54) is 24.2 Å². The van der Waals surface area contributed by atoms with E-state index in [0.717, 1.165) is 5.82 Å². The fourth-order valence-electron chi connectivity index (χ4n) is 1.48. The fourth-order valence-corrected chi connectivity index (χ4v) is 2.74. The highest BCUT2D eigenvalue weighted by Crippen LogP contribution is 2.39. The Hall–Kier alpha value is -0.610. The molecule has 2 N–H and O–H groups in total. The molecule has 13 heavy (non-hydrogen) atoms. The maximum Gasteiger partial charge on any atom is 0.141 e. The summed E-state index contributed by atoms with van der Waals surface area (Å²) in [6.07, 6.45) is 6.40. The molecule has 1 aromatic rings. The second-order valence-corrected chi connectivity index (χ2v) is 4.45. The zero-order valence-electron chi connectivity index (χ0n) is 7.44. The van der Waals surface area contributed by atoms with Gasteiger partial charge in [-0.3, -0.25) is 0 Å². The van der Waals surface area contributed by atoms with Crippen molar-refractivity contribution in [2.75, 3.05) is 5.75 Å². The van der Waals surface area contributed by atoms with Gasteiger partial charge in [-0.2, -0.15) is 11.8 Å². The Kier molecular flexibility index (Phi) is 2.80. The van der Waals surface area contributed by atoms with Crippen molar-refractivity contribution in [3.05, 3.63) is 23.8 Å². The molecule has 0 radical (unpaired) electrons. The summed E-state index contributed by atoms with van der Waals surface area (Å²) < 4.78 is 0. The maximum absolute atomic E-state index is 5.42. The quantitative estimate of drug-likeness (QED) is 0.777. The Labute approximate surface area is 82.2 Å². The minimum absolute atomic E-state index is 0.429. The van der Waals surface area contributed by atoms with Gasteiger partial charge in [0.05, 0.1) is 6.54 Å². The van der Waals surface area contributed by atoms with E-state index in [0.29, 0.717) is 11.8 Å². The van der Waals surface area contributed by atoms with Gasteiger partial charge in [0.2, 0.25) is 0 Å². The largest absolute Gasteiger partial charge is 0.324 e. The zero-order chi connectivity index (χ0) is 9.10. The Bertz CT molecular complexity index is 267. The van der Waals surface area contributed by atoms with Gasteiger partial charge < -0.3 is 5.73 Å². The average Bonchev–Trinajstić information content (AvgIpc) is 2.71. The third-order valence-corrected chi connectivity index (χ3v) is 3.64. The Morgan fingerprint density at radius 2 is 2.23 bits per heavy atom. The third-order valence-electron chi connectivity index (χ3n) is 2.21. The number of aromatic nitrogens is 2. The molecule has 0 bridgehead atoms. The van der Waals surface area contributed by atoms with Gasteiger partial charge in [0.15, 0.2) is 0 Å². The van der Waals surface area contributed by atoms with Crippen LogP contribution in [0.25, 0.3) is 0 Å². The summed E-state index contributed by atoms with van der Waals surface area (Å²) in [6, 6.07) is 0.